The molecule has 0 radical (unpaired) electrons. The summed E-state index contributed by atoms with van der Waals surface area (Å²) in [6.07, 6.45) is 4.21. The van der Waals surface area contributed by atoms with Crippen LogP contribution in [0.25, 0.3) is 10.9 Å². The highest BCUT2D eigenvalue weighted by molar-refractivity contribution is 7.91. The Morgan fingerprint density at radius 3 is 2.39 bits per heavy atom. The largest absolute Gasteiger partial charge is 0.362 e. The van der Waals surface area contributed by atoms with E-state index in [-0.39, 0.29) is 0 Å². The van der Waals surface area contributed by atoms with Gasteiger partial charge in [-0.1, -0.05) is 18.2 Å². The molecule has 1 aliphatic carbocycles. The van der Waals surface area contributed by atoms with Gasteiger partial charge in [0.2, 0.25) is 16.0 Å². The minimum Gasteiger partial charge on any atom is -0.362 e. The summed E-state index contributed by atoms with van der Waals surface area (Å²) in [7, 11) is 0.616. The molecule has 0 bridgehead atoms. The van der Waals surface area contributed by atoms with Crippen molar-refractivity contribution in [1.29, 1.82) is 0 Å². The molecule has 2 aromatic heterocycles. The maximum atomic E-state index is 12.3. The third kappa shape index (κ3) is 5.34. The summed E-state index contributed by atoms with van der Waals surface area (Å²) in [5, 5.41) is 6.26. The lowest BCUT2D eigenvalue weighted by Crippen LogP contribution is -2.32. The van der Waals surface area contributed by atoms with Crippen LogP contribution in [0.5, 0.6) is 0 Å². The third-order valence-electron chi connectivity index (χ3n) is 5.84. The molecule has 2 N–H and O–H groups in total. The smallest absolute Gasteiger partial charge is 0.250 e. The summed E-state index contributed by atoms with van der Waals surface area (Å²) >= 11 is 1.25. The molecule has 4 rings (SSSR count). The van der Waals surface area contributed by atoms with Crippen LogP contribution in [0.4, 0.5) is 11.8 Å². The van der Waals surface area contributed by atoms with Crippen molar-refractivity contribution in [2.45, 2.75) is 29.9 Å². The number of fused-ring (bicyclic) bond motifs is 1. The number of nitrogens with one attached hydrogen (secondary N) is 2. The number of nitrogens with zero attached hydrogens (tertiary/aromatic N) is 3. The van der Waals surface area contributed by atoms with E-state index in [9.17, 15) is 8.42 Å². The van der Waals surface area contributed by atoms with Crippen molar-refractivity contribution in [2.75, 3.05) is 37.4 Å². The highest BCUT2D eigenvalue weighted by atomic mass is 32.2. The minimum absolute atomic E-state index is 0.387. The standard InChI is InChI=1S/C22H29N5O2S2/c1-27(2)21-18-6-3-4-7-19(18)25-22(26-21)23-14-16-9-11-17(12-10-16)15-24-31(28,29)20-8-5-13-30-20/h3-8,13,16-17,24H,9-12,14-15H2,1-2H3,(H,23,25,26)/t16-,17-. The van der Waals surface area contributed by atoms with Crippen molar-refractivity contribution in [3.8, 4) is 0 Å². The number of aromatic nitrogens is 2. The van der Waals surface area contributed by atoms with Crippen molar-refractivity contribution < 1.29 is 8.42 Å². The van der Waals surface area contributed by atoms with Gasteiger partial charge in [0.15, 0.2) is 0 Å². The lowest BCUT2D eigenvalue weighted by molar-refractivity contribution is 0.284. The molecule has 1 aliphatic rings. The number of hydrogen-bond acceptors (Lipinski definition) is 7. The van der Waals surface area contributed by atoms with Gasteiger partial charge in [-0.3, -0.25) is 0 Å². The van der Waals surface area contributed by atoms with Gasteiger partial charge >= 0.3 is 0 Å². The van der Waals surface area contributed by atoms with Crippen molar-refractivity contribution in [3.05, 3.63) is 41.8 Å². The number of sulfonamides is 1. The summed E-state index contributed by atoms with van der Waals surface area (Å²) < 4.78 is 27.8. The lowest BCUT2D eigenvalue weighted by Gasteiger charge is -2.28. The van der Waals surface area contributed by atoms with Gasteiger partial charge in [-0.25, -0.2) is 18.1 Å². The molecular weight excluding hydrogens is 430 g/mol. The molecule has 1 fully saturated rings. The second kappa shape index (κ2) is 9.50. The second-order valence-corrected chi connectivity index (χ2v) is 11.3. The predicted molar refractivity (Wildman–Crippen MR) is 127 cm³/mol. The van der Waals surface area contributed by atoms with E-state index in [0.29, 0.717) is 28.5 Å². The third-order valence-corrected chi connectivity index (χ3v) is 8.66. The molecule has 31 heavy (non-hydrogen) atoms. The van der Waals surface area contributed by atoms with Crippen molar-refractivity contribution in [1.82, 2.24) is 14.7 Å². The Balaban J connectivity index is 1.29. The molecule has 1 saturated carbocycles. The fraction of sp³-hybridized carbons (Fsp3) is 0.455. The SMILES string of the molecule is CN(C)c1nc(NC[C@H]2CC[C@H](CNS(=O)(=O)c3cccs3)CC2)nc2ccccc12. The summed E-state index contributed by atoms with van der Waals surface area (Å²) in [6, 6.07) is 11.5. The van der Waals surface area contributed by atoms with Crippen LogP contribution in [-0.4, -0.2) is 45.6 Å². The zero-order chi connectivity index (χ0) is 21.8. The van der Waals surface area contributed by atoms with Gasteiger partial charge in [0.25, 0.3) is 0 Å². The van der Waals surface area contributed by atoms with Crippen LogP contribution in [0, 0.1) is 11.8 Å². The van der Waals surface area contributed by atoms with Crippen LogP contribution in [0.1, 0.15) is 25.7 Å². The Bertz CT molecular complexity index is 1110. The summed E-state index contributed by atoms with van der Waals surface area (Å²) in [6.45, 7) is 1.35. The van der Waals surface area contributed by atoms with E-state index in [2.05, 4.69) is 15.0 Å². The van der Waals surface area contributed by atoms with Crippen molar-refractivity contribution in [3.63, 3.8) is 0 Å². The summed E-state index contributed by atoms with van der Waals surface area (Å²) in [5.41, 5.74) is 0.936. The average Bonchev–Trinajstić information content (AvgIpc) is 3.32. The molecule has 166 valence electrons. The van der Waals surface area contributed by atoms with Gasteiger partial charge < -0.3 is 10.2 Å². The fourth-order valence-electron chi connectivity index (χ4n) is 4.07. The molecule has 3 aromatic rings. The van der Waals surface area contributed by atoms with E-state index in [0.717, 1.165) is 48.9 Å². The summed E-state index contributed by atoms with van der Waals surface area (Å²) in [5.74, 6) is 2.51. The van der Waals surface area contributed by atoms with E-state index >= 15 is 0 Å². The fourth-order valence-corrected chi connectivity index (χ4v) is 6.22. The predicted octanol–water partition coefficient (Wildman–Crippen LogP) is 3.95. The number of rotatable bonds is 8. The summed E-state index contributed by atoms with van der Waals surface area (Å²) in [4.78, 5) is 11.4. The molecular formula is C22H29N5O2S2. The van der Waals surface area contributed by atoms with Gasteiger partial charge in [0, 0.05) is 32.6 Å². The second-order valence-electron chi connectivity index (χ2n) is 8.33. The molecule has 7 nitrogen and oxygen atoms in total. The first-order chi connectivity index (χ1) is 14.9. The van der Waals surface area contributed by atoms with E-state index in [1.54, 1.807) is 17.5 Å². The Morgan fingerprint density at radius 2 is 1.71 bits per heavy atom. The highest BCUT2D eigenvalue weighted by Gasteiger charge is 2.24. The highest BCUT2D eigenvalue weighted by Crippen LogP contribution is 2.30. The van der Waals surface area contributed by atoms with E-state index in [1.165, 1.54) is 11.3 Å². The number of para-hydroxylation sites is 1. The number of benzene rings is 1. The van der Waals surface area contributed by atoms with Crippen LogP contribution in [0.15, 0.2) is 46.0 Å². The first-order valence-corrected chi connectivity index (χ1v) is 13.0. The van der Waals surface area contributed by atoms with Gasteiger partial charge in [-0.2, -0.15) is 4.98 Å². The zero-order valence-electron chi connectivity index (χ0n) is 17.9. The first-order valence-electron chi connectivity index (χ1n) is 10.6. The van der Waals surface area contributed by atoms with Gasteiger partial charge in [-0.05, 0) is 61.1 Å². The number of thiophene rings is 1. The Kier molecular flexibility index (Phi) is 6.74. The number of hydrogen-bond donors (Lipinski definition) is 2. The molecule has 1 aromatic carbocycles. The molecule has 2 heterocycles. The van der Waals surface area contributed by atoms with Gasteiger partial charge in [0.05, 0.1) is 5.52 Å². The van der Waals surface area contributed by atoms with Gasteiger partial charge in [-0.15, -0.1) is 11.3 Å². The molecule has 0 aliphatic heterocycles. The molecule has 9 heteroatoms. The lowest BCUT2D eigenvalue weighted by atomic mass is 9.82. The van der Waals surface area contributed by atoms with Crippen LogP contribution in [0.3, 0.4) is 0 Å². The van der Waals surface area contributed by atoms with Crippen LogP contribution in [0.2, 0.25) is 0 Å². The maximum Gasteiger partial charge on any atom is 0.250 e. The first kappa shape index (κ1) is 22.0. The topological polar surface area (TPSA) is 87.2 Å². The quantitative estimate of drug-likeness (QED) is 0.530. The van der Waals surface area contributed by atoms with Crippen molar-refractivity contribution in [2.24, 2.45) is 11.8 Å². The van der Waals surface area contributed by atoms with E-state index in [4.69, 9.17) is 4.98 Å². The van der Waals surface area contributed by atoms with E-state index < -0.39 is 10.0 Å². The molecule has 0 saturated heterocycles. The monoisotopic (exact) mass is 459 g/mol. The molecule has 0 spiro atoms. The minimum atomic E-state index is -3.37. The van der Waals surface area contributed by atoms with Crippen LogP contribution < -0.4 is 14.9 Å². The Morgan fingerprint density at radius 1 is 1.00 bits per heavy atom. The molecule has 0 amide bonds. The molecule has 0 atom stereocenters. The van der Waals surface area contributed by atoms with E-state index in [1.807, 2.05) is 43.3 Å². The number of anilines is 2. The van der Waals surface area contributed by atoms with Crippen LogP contribution >= 0.6 is 11.3 Å². The van der Waals surface area contributed by atoms with Crippen LogP contribution in [-0.2, 0) is 10.0 Å². The Hall–Kier alpha value is -2.23. The van der Waals surface area contributed by atoms with Gasteiger partial charge in [0.1, 0.15) is 10.0 Å². The normalized spacial score (nSPS) is 19.4. The maximum absolute atomic E-state index is 12.3. The zero-order valence-corrected chi connectivity index (χ0v) is 19.5. The molecule has 0 unspecified atom stereocenters. The average molecular weight is 460 g/mol. The van der Waals surface area contributed by atoms with Crippen molar-refractivity contribution >= 4 is 44.0 Å². The Labute approximate surface area is 188 Å².